The minimum Gasteiger partial charge on any atom is -0.317 e. The third kappa shape index (κ3) is 2.93. The Hall–Kier alpha value is -0.120. The highest BCUT2D eigenvalue weighted by Gasteiger charge is 2.18. The largest absolute Gasteiger partial charge is 0.317 e. The van der Waals surface area contributed by atoms with Crippen LogP contribution < -0.4 is 16.0 Å². The van der Waals surface area contributed by atoms with E-state index in [0.717, 1.165) is 12.1 Å². The monoisotopic (exact) mass is 183 g/mol. The Kier molecular flexibility index (Phi) is 3.58. The third-order valence-electron chi connectivity index (χ3n) is 3.11. The highest BCUT2D eigenvalue weighted by molar-refractivity contribution is 4.82. The second kappa shape index (κ2) is 4.94. The van der Waals surface area contributed by atoms with Crippen molar-refractivity contribution in [3.05, 3.63) is 0 Å². The molecule has 0 radical (unpaired) electrons. The van der Waals surface area contributed by atoms with Crippen molar-refractivity contribution in [3.63, 3.8) is 0 Å². The molecule has 2 heterocycles. The van der Waals surface area contributed by atoms with E-state index < -0.39 is 0 Å². The normalized spacial score (nSPS) is 31.8. The molecule has 0 amide bonds. The summed E-state index contributed by atoms with van der Waals surface area (Å²) in [7, 11) is 0. The Morgan fingerprint density at radius 2 is 1.69 bits per heavy atom. The first-order valence-electron chi connectivity index (χ1n) is 5.62. The number of hydrogen-bond acceptors (Lipinski definition) is 3. The lowest BCUT2D eigenvalue weighted by molar-refractivity contribution is 0.308. The van der Waals surface area contributed by atoms with E-state index in [2.05, 4.69) is 16.0 Å². The number of hydrogen-bond donors (Lipinski definition) is 3. The third-order valence-corrected chi connectivity index (χ3v) is 3.11. The number of piperidine rings is 2. The predicted molar refractivity (Wildman–Crippen MR) is 54.9 cm³/mol. The molecule has 3 N–H and O–H groups in total. The van der Waals surface area contributed by atoms with E-state index in [1.807, 2.05) is 0 Å². The van der Waals surface area contributed by atoms with E-state index in [-0.39, 0.29) is 0 Å². The fraction of sp³-hybridized carbons (Fsp3) is 1.00. The van der Waals surface area contributed by atoms with E-state index in [4.69, 9.17) is 0 Å². The van der Waals surface area contributed by atoms with Crippen LogP contribution in [0.3, 0.4) is 0 Å². The van der Waals surface area contributed by atoms with Gasteiger partial charge in [-0.05, 0) is 45.3 Å². The summed E-state index contributed by atoms with van der Waals surface area (Å²) < 4.78 is 0. The summed E-state index contributed by atoms with van der Waals surface area (Å²) in [6.45, 7) is 4.77. The van der Waals surface area contributed by atoms with Gasteiger partial charge in [0.1, 0.15) is 0 Å². The van der Waals surface area contributed by atoms with Crippen LogP contribution in [0.25, 0.3) is 0 Å². The average molecular weight is 183 g/mol. The van der Waals surface area contributed by atoms with Gasteiger partial charge >= 0.3 is 0 Å². The van der Waals surface area contributed by atoms with E-state index in [9.17, 15) is 0 Å². The van der Waals surface area contributed by atoms with Crippen molar-refractivity contribution in [2.75, 3.05) is 26.2 Å². The lowest BCUT2D eigenvalue weighted by Crippen LogP contribution is -2.50. The molecule has 2 fully saturated rings. The molecule has 0 spiro atoms. The van der Waals surface area contributed by atoms with Crippen molar-refractivity contribution >= 4 is 0 Å². The molecule has 1 unspecified atom stereocenters. The van der Waals surface area contributed by atoms with E-state index in [1.54, 1.807) is 0 Å². The van der Waals surface area contributed by atoms with Crippen LogP contribution in [-0.4, -0.2) is 38.3 Å². The molecule has 3 heteroatoms. The summed E-state index contributed by atoms with van der Waals surface area (Å²) in [5, 5.41) is 10.6. The second-order valence-corrected chi connectivity index (χ2v) is 4.23. The van der Waals surface area contributed by atoms with Gasteiger partial charge in [0, 0.05) is 18.6 Å². The maximum atomic E-state index is 3.76. The van der Waals surface area contributed by atoms with Crippen LogP contribution >= 0.6 is 0 Å². The van der Waals surface area contributed by atoms with E-state index in [1.165, 1.54) is 51.9 Å². The van der Waals surface area contributed by atoms with Gasteiger partial charge in [-0.25, -0.2) is 0 Å². The number of nitrogens with one attached hydrogen (secondary N) is 3. The molecule has 0 saturated carbocycles. The molecule has 2 aliphatic heterocycles. The Morgan fingerprint density at radius 3 is 2.38 bits per heavy atom. The average Bonchev–Trinajstić information content (AvgIpc) is 2.21. The van der Waals surface area contributed by atoms with Crippen LogP contribution in [0, 0.1) is 0 Å². The molecule has 1 atom stereocenters. The van der Waals surface area contributed by atoms with Gasteiger partial charge in [-0.2, -0.15) is 0 Å². The summed E-state index contributed by atoms with van der Waals surface area (Å²) in [5.41, 5.74) is 0. The Bertz CT molecular complexity index is 121. The molecule has 0 bridgehead atoms. The molecule has 0 aromatic rings. The molecule has 2 saturated heterocycles. The van der Waals surface area contributed by atoms with Crippen LogP contribution in [0.1, 0.15) is 25.7 Å². The lowest BCUT2D eigenvalue weighted by Gasteiger charge is -2.31. The summed E-state index contributed by atoms with van der Waals surface area (Å²) in [4.78, 5) is 0. The van der Waals surface area contributed by atoms with Crippen molar-refractivity contribution in [2.45, 2.75) is 37.8 Å². The highest BCUT2D eigenvalue weighted by Crippen LogP contribution is 2.07. The molecule has 0 aromatic carbocycles. The van der Waals surface area contributed by atoms with Gasteiger partial charge in [0.2, 0.25) is 0 Å². The predicted octanol–water partition coefficient (Wildman–Crippen LogP) is 0.0800. The SMILES string of the molecule is C1CNCC(NC2CCNCC2)C1. The van der Waals surface area contributed by atoms with Gasteiger partial charge in [0.05, 0.1) is 0 Å². The molecular formula is C10H21N3. The maximum Gasteiger partial charge on any atom is 0.0195 e. The van der Waals surface area contributed by atoms with Gasteiger partial charge in [-0.1, -0.05) is 0 Å². The topological polar surface area (TPSA) is 36.1 Å². The molecule has 3 nitrogen and oxygen atoms in total. The molecule has 2 rings (SSSR count). The van der Waals surface area contributed by atoms with Gasteiger partial charge in [-0.3, -0.25) is 0 Å². The summed E-state index contributed by atoms with van der Waals surface area (Å²) in [6, 6.07) is 1.50. The van der Waals surface area contributed by atoms with Gasteiger partial charge in [0.25, 0.3) is 0 Å². The summed E-state index contributed by atoms with van der Waals surface area (Å²) in [6.07, 6.45) is 5.30. The van der Waals surface area contributed by atoms with Crippen LogP contribution in [0.4, 0.5) is 0 Å². The Balaban J connectivity index is 1.69. The zero-order valence-electron chi connectivity index (χ0n) is 8.31. The quantitative estimate of drug-likeness (QED) is 0.567. The highest BCUT2D eigenvalue weighted by atomic mass is 15.0. The zero-order valence-corrected chi connectivity index (χ0v) is 8.31. The zero-order chi connectivity index (χ0) is 8.93. The first-order chi connectivity index (χ1) is 6.45. The molecule has 76 valence electrons. The fourth-order valence-electron chi connectivity index (χ4n) is 2.32. The minimum absolute atomic E-state index is 0.733. The van der Waals surface area contributed by atoms with Crippen molar-refractivity contribution in [2.24, 2.45) is 0 Å². The number of rotatable bonds is 2. The van der Waals surface area contributed by atoms with Crippen molar-refractivity contribution in [3.8, 4) is 0 Å². The summed E-state index contributed by atoms with van der Waals surface area (Å²) >= 11 is 0. The molecule has 0 aromatic heterocycles. The minimum atomic E-state index is 0.733. The van der Waals surface area contributed by atoms with Crippen LogP contribution in [-0.2, 0) is 0 Å². The van der Waals surface area contributed by atoms with Crippen LogP contribution in [0.15, 0.2) is 0 Å². The first-order valence-corrected chi connectivity index (χ1v) is 5.62. The van der Waals surface area contributed by atoms with E-state index >= 15 is 0 Å². The smallest absolute Gasteiger partial charge is 0.0195 e. The van der Waals surface area contributed by atoms with Crippen LogP contribution in [0.2, 0.25) is 0 Å². The van der Waals surface area contributed by atoms with Crippen molar-refractivity contribution < 1.29 is 0 Å². The first kappa shape index (κ1) is 9.44. The molecule has 13 heavy (non-hydrogen) atoms. The van der Waals surface area contributed by atoms with Crippen molar-refractivity contribution in [1.29, 1.82) is 0 Å². The molecular weight excluding hydrogens is 162 g/mol. The lowest BCUT2D eigenvalue weighted by atomic mass is 10.0. The van der Waals surface area contributed by atoms with Gasteiger partial charge in [0.15, 0.2) is 0 Å². The molecule has 0 aliphatic carbocycles. The Morgan fingerprint density at radius 1 is 0.846 bits per heavy atom. The van der Waals surface area contributed by atoms with Gasteiger partial charge in [-0.15, -0.1) is 0 Å². The van der Waals surface area contributed by atoms with Crippen LogP contribution in [0.5, 0.6) is 0 Å². The molecule has 2 aliphatic rings. The van der Waals surface area contributed by atoms with Gasteiger partial charge < -0.3 is 16.0 Å². The van der Waals surface area contributed by atoms with Crippen molar-refractivity contribution in [1.82, 2.24) is 16.0 Å². The second-order valence-electron chi connectivity index (χ2n) is 4.23. The summed E-state index contributed by atoms with van der Waals surface area (Å²) in [5.74, 6) is 0. The standard InChI is InChI=1S/C10H21N3/c1-2-10(8-12-5-1)13-9-3-6-11-7-4-9/h9-13H,1-8H2. The Labute approximate surface area is 80.7 Å². The maximum absolute atomic E-state index is 3.76. The fourth-order valence-corrected chi connectivity index (χ4v) is 2.32. The van der Waals surface area contributed by atoms with E-state index in [0.29, 0.717) is 0 Å².